The molecule has 0 aromatic heterocycles. The van der Waals surface area contributed by atoms with Crippen molar-refractivity contribution in [2.75, 3.05) is 0 Å². The molecule has 0 spiro atoms. The quantitative estimate of drug-likeness (QED) is 0.596. The predicted molar refractivity (Wildman–Crippen MR) is 57.4 cm³/mol. The summed E-state index contributed by atoms with van der Waals surface area (Å²) in [4.78, 5) is 0. The maximum absolute atomic E-state index is 2.29. The molecule has 0 amide bonds. The fourth-order valence-electron chi connectivity index (χ4n) is 2.27. The fourth-order valence-corrected chi connectivity index (χ4v) is 2.27. The third kappa shape index (κ3) is 1.67. The van der Waals surface area contributed by atoms with Crippen LogP contribution in [0.1, 0.15) is 20.3 Å². The Kier molecular flexibility index (Phi) is 1.80. The molecule has 0 nitrogen and oxygen atoms in total. The molecular weight excluding hydrogens is 156 g/mol. The summed E-state index contributed by atoms with van der Waals surface area (Å²) < 4.78 is 0. The van der Waals surface area contributed by atoms with E-state index in [0.717, 1.165) is 0 Å². The fraction of sp³-hybridized carbons (Fsp3) is 0.385. The molecule has 0 heterocycles. The van der Waals surface area contributed by atoms with Crippen LogP contribution in [-0.2, 0) is 0 Å². The Morgan fingerprint density at radius 3 is 1.31 bits per heavy atom. The van der Waals surface area contributed by atoms with Crippen LogP contribution < -0.4 is 0 Å². The zero-order valence-electron chi connectivity index (χ0n) is 8.33. The first-order valence-electron chi connectivity index (χ1n) is 4.86. The van der Waals surface area contributed by atoms with Gasteiger partial charge < -0.3 is 0 Å². The van der Waals surface area contributed by atoms with Crippen molar-refractivity contribution in [3.8, 4) is 0 Å². The highest BCUT2D eigenvalue weighted by Gasteiger charge is 2.30. The smallest absolute Gasteiger partial charge is 0.00500 e. The third-order valence-corrected chi connectivity index (χ3v) is 2.89. The van der Waals surface area contributed by atoms with Crippen molar-refractivity contribution in [1.29, 1.82) is 0 Å². The van der Waals surface area contributed by atoms with Crippen molar-refractivity contribution < 1.29 is 0 Å². The lowest BCUT2D eigenvalue weighted by Gasteiger charge is -2.29. The molecule has 0 fully saturated rings. The second-order valence-electron chi connectivity index (χ2n) is 4.62. The van der Waals surface area contributed by atoms with Gasteiger partial charge in [0.2, 0.25) is 0 Å². The van der Waals surface area contributed by atoms with Gasteiger partial charge in [-0.1, -0.05) is 62.5 Å². The number of rotatable bonds is 2. The van der Waals surface area contributed by atoms with Crippen molar-refractivity contribution >= 4 is 0 Å². The van der Waals surface area contributed by atoms with Gasteiger partial charge in [0.1, 0.15) is 0 Å². The zero-order valence-corrected chi connectivity index (χ0v) is 8.33. The summed E-state index contributed by atoms with van der Waals surface area (Å²) in [5, 5.41) is 0. The minimum atomic E-state index is 0.258. The standard InChI is InChI=1S/C13H16/c1-12(7-3-4-8-12)11-13(2)9-5-6-10-13/h3-10H,11H2,1-2H3. The van der Waals surface area contributed by atoms with Crippen LogP contribution in [0.2, 0.25) is 0 Å². The Bertz CT molecular complexity index is 257. The van der Waals surface area contributed by atoms with E-state index in [0.29, 0.717) is 0 Å². The van der Waals surface area contributed by atoms with E-state index < -0.39 is 0 Å². The number of allylic oxidation sites excluding steroid dienone is 8. The van der Waals surface area contributed by atoms with Crippen LogP contribution >= 0.6 is 0 Å². The molecule has 2 aliphatic carbocycles. The van der Waals surface area contributed by atoms with Gasteiger partial charge >= 0.3 is 0 Å². The maximum atomic E-state index is 2.29. The van der Waals surface area contributed by atoms with Gasteiger partial charge in [-0.2, -0.15) is 0 Å². The molecule has 13 heavy (non-hydrogen) atoms. The second kappa shape index (κ2) is 2.73. The topological polar surface area (TPSA) is 0 Å². The van der Waals surface area contributed by atoms with Crippen LogP contribution in [0.25, 0.3) is 0 Å². The van der Waals surface area contributed by atoms with Gasteiger partial charge in [0.15, 0.2) is 0 Å². The van der Waals surface area contributed by atoms with E-state index in [1.54, 1.807) is 0 Å². The van der Waals surface area contributed by atoms with E-state index in [1.807, 2.05) is 0 Å². The monoisotopic (exact) mass is 172 g/mol. The van der Waals surface area contributed by atoms with E-state index in [-0.39, 0.29) is 10.8 Å². The molecule has 2 aliphatic rings. The highest BCUT2D eigenvalue weighted by atomic mass is 14.3. The van der Waals surface area contributed by atoms with Crippen molar-refractivity contribution in [3.05, 3.63) is 48.6 Å². The molecule has 0 radical (unpaired) electrons. The molecule has 0 aromatic rings. The van der Waals surface area contributed by atoms with Crippen molar-refractivity contribution in [2.45, 2.75) is 20.3 Å². The Hall–Kier alpha value is -1.04. The molecule has 0 aliphatic heterocycles. The van der Waals surface area contributed by atoms with E-state index >= 15 is 0 Å². The summed E-state index contributed by atoms with van der Waals surface area (Å²) in [5.41, 5.74) is 0.515. The van der Waals surface area contributed by atoms with Crippen molar-refractivity contribution in [1.82, 2.24) is 0 Å². The molecule has 2 rings (SSSR count). The van der Waals surface area contributed by atoms with E-state index in [2.05, 4.69) is 62.5 Å². The van der Waals surface area contributed by atoms with Crippen molar-refractivity contribution in [3.63, 3.8) is 0 Å². The summed E-state index contributed by atoms with van der Waals surface area (Å²) >= 11 is 0. The van der Waals surface area contributed by atoms with Crippen LogP contribution in [0.15, 0.2) is 48.6 Å². The zero-order chi connectivity index (χ0) is 9.36. The number of hydrogen-bond acceptors (Lipinski definition) is 0. The SMILES string of the molecule is CC1(CC2(C)C=CC=C2)C=CC=C1. The molecule has 0 atom stereocenters. The first kappa shape index (κ1) is 8.55. The summed E-state index contributed by atoms with van der Waals surface area (Å²) in [6, 6.07) is 0. The van der Waals surface area contributed by atoms with Gasteiger partial charge in [0, 0.05) is 10.8 Å². The molecule has 0 aromatic carbocycles. The van der Waals surface area contributed by atoms with Gasteiger partial charge in [0.05, 0.1) is 0 Å². The lowest BCUT2D eigenvalue weighted by molar-refractivity contribution is 0.369. The molecule has 0 saturated heterocycles. The second-order valence-corrected chi connectivity index (χ2v) is 4.62. The first-order valence-corrected chi connectivity index (χ1v) is 4.86. The molecule has 0 unspecified atom stereocenters. The van der Waals surface area contributed by atoms with E-state index in [9.17, 15) is 0 Å². The Morgan fingerprint density at radius 1 is 0.692 bits per heavy atom. The largest absolute Gasteiger partial charge is 0.0748 e. The van der Waals surface area contributed by atoms with Gasteiger partial charge in [-0.05, 0) is 6.42 Å². The molecule has 0 heteroatoms. The summed E-state index contributed by atoms with van der Waals surface area (Å²) in [6.07, 6.45) is 18.9. The summed E-state index contributed by atoms with van der Waals surface area (Å²) in [5.74, 6) is 0. The van der Waals surface area contributed by atoms with E-state index in [4.69, 9.17) is 0 Å². The van der Waals surface area contributed by atoms with Gasteiger partial charge in [-0.25, -0.2) is 0 Å². The lowest BCUT2D eigenvalue weighted by atomic mass is 9.74. The maximum Gasteiger partial charge on any atom is 0.00500 e. The highest BCUT2D eigenvalue weighted by molar-refractivity contribution is 5.30. The molecule has 0 N–H and O–H groups in total. The average Bonchev–Trinajstić information content (AvgIpc) is 2.60. The van der Waals surface area contributed by atoms with Gasteiger partial charge in [0.25, 0.3) is 0 Å². The average molecular weight is 172 g/mol. The molecule has 0 bridgehead atoms. The summed E-state index contributed by atoms with van der Waals surface area (Å²) in [7, 11) is 0. The minimum Gasteiger partial charge on any atom is -0.0748 e. The van der Waals surface area contributed by atoms with E-state index in [1.165, 1.54) is 6.42 Å². The lowest BCUT2D eigenvalue weighted by Crippen LogP contribution is -2.19. The Balaban J connectivity index is 2.14. The number of hydrogen-bond donors (Lipinski definition) is 0. The molecule has 0 saturated carbocycles. The van der Waals surface area contributed by atoms with Crippen LogP contribution in [0.5, 0.6) is 0 Å². The van der Waals surface area contributed by atoms with Crippen LogP contribution in [0.4, 0.5) is 0 Å². The van der Waals surface area contributed by atoms with Gasteiger partial charge in [-0.3, -0.25) is 0 Å². The molecular formula is C13H16. The van der Waals surface area contributed by atoms with Crippen LogP contribution in [0, 0.1) is 10.8 Å². The first-order chi connectivity index (χ1) is 6.12. The third-order valence-electron chi connectivity index (χ3n) is 2.89. The van der Waals surface area contributed by atoms with Crippen LogP contribution in [-0.4, -0.2) is 0 Å². The summed E-state index contributed by atoms with van der Waals surface area (Å²) in [6.45, 7) is 4.58. The minimum absolute atomic E-state index is 0.258. The predicted octanol–water partition coefficient (Wildman–Crippen LogP) is 3.64. The van der Waals surface area contributed by atoms with Gasteiger partial charge in [-0.15, -0.1) is 0 Å². The normalized spacial score (nSPS) is 26.0. The highest BCUT2D eigenvalue weighted by Crippen LogP contribution is 2.41. The Labute approximate surface area is 80.3 Å². The molecule has 68 valence electrons. The Morgan fingerprint density at radius 2 is 1.00 bits per heavy atom. The van der Waals surface area contributed by atoms with Crippen LogP contribution in [0.3, 0.4) is 0 Å². The van der Waals surface area contributed by atoms with Crippen molar-refractivity contribution in [2.24, 2.45) is 10.8 Å².